The maximum atomic E-state index is 12.9. The lowest BCUT2D eigenvalue weighted by molar-refractivity contribution is 0.560. The molecule has 0 saturated heterocycles. The summed E-state index contributed by atoms with van der Waals surface area (Å²) in [7, 11) is 0. The van der Waals surface area contributed by atoms with Crippen LogP contribution in [0.5, 0.6) is 0 Å². The van der Waals surface area contributed by atoms with Gasteiger partial charge in [-0.2, -0.15) is 0 Å². The van der Waals surface area contributed by atoms with Gasteiger partial charge in [0.2, 0.25) is 0 Å². The molecule has 0 aliphatic heterocycles. The van der Waals surface area contributed by atoms with E-state index in [1.807, 2.05) is 24.3 Å². The lowest BCUT2D eigenvalue weighted by Gasteiger charge is -2.13. The van der Waals surface area contributed by atoms with Crippen molar-refractivity contribution in [3.05, 3.63) is 65.7 Å². The summed E-state index contributed by atoms with van der Waals surface area (Å²) < 4.78 is 12.9. The van der Waals surface area contributed by atoms with Gasteiger partial charge in [0.15, 0.2) is 0 Å². The molecule has 3 nitrogen and oxygen atoms in total. The van der Waals surface area contributed by atoms with Crippen LogP contribution < -0.4 is 5.32 Å². The second-order valence-corrected chi connectivity index (χ2v) is 4.85. The average molecular weight is 269 g/mol. The molecule has 1 unspecified atom stereocenters. The average Bonchev–Trinajstić information content (AvgIpc) is 2.88. The third-order valence-corrected chi connectivity index (χ3v) is 3.38. The highest BCUT2D eigenvalue weighted by Crippen LogP contribution is 2.14. The van der Waals surface area contributed by atoms with E-state index in [0.717, 1.165) is 22.4 Å². The van der Waals surface area contributed by atoms with Gasteiger partial charge in [-0.1, -0.05) is 24.3 Å². The number of nitrogens with zero attached hydrogens (tertiary/aromatic N) is 1. The van der Waals surface area contributed by atoms with Crippen molar-refractivity contribution in [1.29, 1.82) is 0 Å². The minimum atomic E-state index is -0.210. The standard InChI is InChI=1S/C16H16FN3/c1-11(12-6-8-13(17)9-7-12)18-10-16-19-14-4-2-3-5-15(14)20-16/h2-9,11,18H,10H2,1H3,(H,19,20). The number of H-pyrrole nitrogens is 1. The lowest BCUT2D eigenvalue weighted by Crippen LogP contribution is -2.18. The van der Waals surface area contributed by atoms with E-state index in [2.05, 4.69) is 22.2 Å². The van der Waals surface area contributed by atoms with Crippen molar-refractivity contribution in [2.75, 3.05) is 0 Å². The Balaban J connectivity index is 1.68. The van der Waals surface area contributed by atoms with Crippen LogP contribution in [-0.2, 0) is 6.54 Å². The zero-order chi connectivity index (χ0) is 13.9. The second-order valence-electron chi connectivity index (χ2n) is 4.85. The van der Waals surface area contributed by atoms with Gasteiger partial charge in [0.25, 0.3) is 0 Å². The Morgan fingerprint density at radius 2 is 1.90 bits per heavy atom. The number of rotatable bonds is 4. The third kappa shape index (κ3) is 2.70. The number of hydrogen-bond acceptors (Lipinski definition) is 2. The van der Waals surface area contributed by atoms with Gasteiger partial charge in [-0.3, -0.25) is 0 Å². The summed E-state index contributed by atoms with van der Waals surface area (Å²) in [6, 6.07) is 14.7. The quantitative estimate of drug-likeness (QED) is 0.760. The summed E-state index contributed by atoms with van der Waals surface area (Å²) in [6.07, 6.45) is 0. The highest BCUT2D eigenvalue weighted by molar-refractivity contribution is 5.74. The Kier molecular flexibility index (Phi) is 3.48. The van der Waals surface area contributed by atoms with Crippen LogP contribution in [0.1, 0.15) is 24.4 Å². The first kappa shape index (κ1) is 12.8. The number of fused-ring (bicyclic) bond motifs is 1. The summed E-state index contributed by atoms with van der Waals surface area (Å²) in [5.74, 6) is 0.693. The second kappa shape index (κ2) is 5.43. The Bertz CT molecular complexity index is 670. The molecule has 0 amide bonds. The van der Waals surface area contributed by atoms with Crippen LogP contribution >= 0.6 is 0 Å². The molecule has 0 bridgehead atoms. The Morgan fingerprint density at radius 3 is 2.65 bits per heavy atom. The van der Waals surface area contributed by atoms with E-state index in [4.69, 9.17) is 0 Å². The predicted octanol–water partition coefficient (Wildman–Crippen LogP) is 3.55. The molecule has 102 valence electrons. The van der Waals surface area contributed by atoms with Crippen molar-refractivity contribution in [1.82, 2.24) is 15.3 Å². The van der Waals surface area contributed by atoms with E-state index in [1.165, 1.54) is 12.1 Å². The maximum Gasteiger partial charge on any atom is 0.123 e. The molecule has 1 heterocycles. The van der Waals surface area contributed by atoms with Crippen LogP contribution in [0.15, 0.2) is 48.5 Å². The molecule has 4 heteroatoms. The first-order chi connectivity index (χ1) is 9.72. The molecule has 0 spiro atoms. The summed E-state index contributed by atoms with van der Waals surface area (Å²) in [6.45, 7) is 2.70. The molecule has 20 heavy (non-hydrogen) atoms. The number of halogens is 1. The molecule has 2 N–H and O–H groups in total. The van der Waals surface area contributed by atoms with Crippen molar-refractivity contribution < 1.29 is 4.39 Å². The summed E-state index contributed by atoms with van der Waals surface area (Å²) >= 11 is 0. The summed E-state index contributed by atoms with van der Waals surface area (Å²) in [5.41, 5.74) is 3.07. The van der Waals surface area contributed by atoms with Gasteiger partial charge in [0.1, 0.15) is 11.6 Å². The van der Waals surface area contributed by atoms with E-state index < -0.39 is 0 Å². The monoisotopic (exact) mass is 269 g/mol. The minimum Gasteiger partial charge on any atom is -0.341 e. The summed E-state index contributed by atoms with van der Waals surface area (Å²) in [5, 5.41) is 3.38. The number of aromatic nitrogens is 2. The number of aromatic amines is 1. The van der Waals surface area contributed by atoms with Crippen molar-refractivity contribution >= 4 is 11.0 Å². The van der Waals surface area contributed by atoms with Gasteiger partial charge in [-0.25, -0.2) is 9.37 Å². The van der Waals surface area contributed by atoms with Crippen LogP contribution in [0.25, 0.3) is 11.0 Å². The van der Waals surface area contributed by atoms with Crippen LogP contribution in [0, 0.1) is 5.82 Å². The van der Waals surface area contributed by atoms with Crippen LogP contribution in [0.2, 0.25) is 0 Å². The fraction of sp³-hybridized carbons (Fsp3) is 0.188. The van der Waals surface area contributed by atoms with Crippen LogP contribution in [0.3, 0.4) is 0 Å². The van der Waals surface area contributed by atoms with Crippen molar-refractivity contribution in [3.8, 4) is 0 Å². The van der Waals surface area contributed by atoms with Gasteiger partial charge in [0.05, 0.1) is 17.6 Å². The largest absolute Gasteiger partial charge is 0.341 e. The molecular formula is C16H16FN3. The third-order valence-electron chi connectivity index (χ3n) is 3.38. The number of imidazole rings is 1. The fourth-order valence-electron chi connectivity index (χ4n) is 2.21. The molecule has 0 radical (unpaired) electrons. The first-order valence-electron chi connectivity index (χ1n) is 6.65. The molecule has 3 aromatic rings. The highest BCUT2D eigenvalue weighted by atomic mass is 19.1. The van der Waals surface area contributed by atoms with E-state index in [9.17, 15) is 4.39 Å². The zero-order valence-electron chi connectivity index (χ0n) is 11.2. The normalized spacial score (nSPS) is 12.7. The zero-order valence-corrected chi connectivity index (χ0v) is 11.2. The molecule has 0 saturated carbocycles. The smallest absolute Gasteiger partial charge is 0.123 e. The molecule has 0 fully saturated rings. The van der Waals surface area contributed by atoms with Crippen molar-refractivity contribution in [2.24, 2.45) is 0 Å². The first-order valence-corrected chi connectivity index (χ1v) is 6.65. The molecule has 0 aliphatic carbocycles. The number of para-hydroxylation sites is 2. The summed E-state index contributed by atoms with van der Waals surface area (Å²) in [4.78, 5) is 7.79. The SMILES string of the molecule is CC(NCc1nc2ccccc2[nH]1)c1ccc(F)cc1. The van der Waals surface area contributed by atoms with E-state index >= 15 is 0 Å². The Labute approximate surface area is 116 Å². The van der Waals surface area contributed by atoms with Gasteiger partial charge in [-0.15, -0.1) is 0 Å². The molecule has 3 rings (SSSR count). The number of hydrogen-bond donors (Lipinski definition) is 2. The van der Waals surface area contributed by atoms with Gasteiger partial charge in [-0.05, 0) is 36.8 Å². The Morgan fingerprint density at radius 1 is 1.15 bits per heavy atom. The highest BCUT2D eigenvalue weighted by Gasteiger charge is 2.07. The van der Waals surface area contributed by atoms with Crippen LogP contribution in [0.4, 0.5) is 4.39 Å². The van der Waals surface area contributed by atoms with E-state index in [0.29, 0.717) is 6.54 Å². The lowest BCUT2D eigenvalue weighted by atomic mass is 10.1. The van der Waals surface area contributed by atoms with E-state index in [-0.39, 0.29) is 11.9 Å². The molecule has 0 aliphatic rings. The molecule has 1 aromatic heterocycles. The van der Waals surface area contributed by atoms with Crippen molar-refractivity contribution in [2.45, 2.75) is 19.5 Å². The Hall–Kier alpha value is -2.20. The van der Waals surface area contributed by atoms with Crippen LogP contribution in [-0.4, -0.2) is 9.97 Å². The van der Waals surface area contributed by atoms with Gasteiger partial charge >= 0.3 is 0 Å². The number of benzene rings is 2. The fourth-order valence-corrected chi connectivity index (χ4v) is 2.21. The van der Waals surface area contributed by atoms with Gasteiger partial charge < -0.3 is 10.3 Å². The molecular weight excluding hydrogens is 253 g/mol. The topological polar surface area (TPSA) is 40.7 Å². The predicted molar refractivity (Wildman–Crippen MR) is 77.7 cm³/mol. The molecule has 2 aromatic carbocycles. The minimum absolute atomic E-state index is 0.142. The van der Waals surface area contributed by atoms with Crippen molar-refractivity contribution in [3.63, 3.8) is 0 Å². The number of nitrogens with one attached hydrogen (secondary N) is 2. The molecule has 1 atom stereocenters. The van der Waals surface area contributed by atoms with E-state index in [1.54, 1.807) is 12.1 Å². The maximum absolute atomic E-state index is 12.9. The van der Waals surface area contributed by atoms with Gasteiger partial charge in [0, 0.05) is 6.04 Å².